The van der Waals surface area contributed by atoms with Gasteiger partial charge in [0, 0.05) is 13.1 Å². The number of methoxy groups -OCH3 is 1. The Morgan fingerprint density at radius 1 is 1.19 bits per heavy atom. The molecule has 0 aromatic heterocycles. The lowest BCUT2D eigenvalue weighted by Crippen LogP contribution is -2.27. The van der Waals surface area contributed by atoms with Gasteiger partial charge in [-0.1, -0.05) is 29.8 Å². The molecule has 112 valence electrons. The monoisotopic (exact) mass is 326 g/mol. The van der Waals surface area contributed by atoms with E-state index in [0.717, 1.165) is 4.31 Å². The van der Waals surface area contributed by atoms with Crippen LogP contribution in [-0.4, -0.2) is 22.6 Å². The van der Waals surface area contributed by atoms with Gasteiger partial charge in [-0.2, -0.15) is 0 Å². The summed E-state index contributed by atoms with van der Waals surface area (Å²) in [6.45, 7) is 0. The number of nitrogens with two attached hydrogens (primary N) is 1. The maximum absolute atomic E-state index is 12.7. The number of benzene rings is 2. The normalized spacial score (nSPS) is 11.2. The van der Waals surface area contributed by atoms with Gasteiger partial charge >= 0.3 is 0 Å². The summed E-state index contributed by atoms with van der Waals surface area (Å²) < 4.78 is 31.7. The van der Waals surface area contributed by atoms with E-state index in [4.69, 9.17) is 22.1 Å². The average Bonchev–Trinajstić information content (AvgIpc) is 2.49. The van der Waals surface area contributed by atoms with Crippen molar-refractivity contribution in [1.29, 1.82) is 0 Å². The lowest BCUT2D eigenvalue weighted by atomic mass is 10.3. The maximum Gasteiger partial charge on any atom is 0.267 e. The molecule has 2 rings (SSSR count). The van der Waals surface area contributed by atoms with E-state index in [9.17, 15) is 8.42 Å². The van der Waals surface area contributed by atoms with Crippen LogP contribution in [0.2, 0.25) is 5.02 Å². The Bertz CT molecular complexity index is 748. The van der Waals surface area contributed by atoms with Crippen LogP contribution >= 0.6 is 11.6 Å². The number of hydrogen-bond donors (Lipinski definition) is 1. The van der Waals surface area contributed by atoms with Crippen LogP contribution in [0.4, 0.5) is 11.4 Å². The van der Waals surface area contributed by atoms with Gasteiger partial charge in [-0.25, -0.2) is 8.42 Å². The van der Waals surface area contributed by atoms with Crippen LogP contribution < -0.4 is 14.8 Å². The molecule has 21 heavy (non-hydrogen) atoms. The van der Waals surface area contributed by atoms with E-state index in [2.05, 4.69) is 0 Å². The van der Waals surface area contributed by atoms with E-state index in [1.54, 1.807) is 24.3 Å². The third-order valence-electron chi connectivity index (χ3n) is 3.04. The van der Waals surface area contributed by atoms with Crippen LogP contribution in [0.5, 0.6) is 5.75 Å². The molecule has 0 unspecified atom stereocenters. The molecule has 0 saturated carbocycles. The number of sulfonamides is 1. The largest absolute Gasteiger partial charge is 0.495 e. The van der Waals surface area contributed by atoms with Crippen LogP contribution in [0.15, 0.2) is 47.4 Å². The van der Waals surface area contributed by atoms with Gasteiger partial charge in [-0.3, -0.25) is 4.31 Å². The first-order valence-electron chi connectivity index (χ1n) is 6.05. The molecule has 0 radical (unpaired) electrons. The Hall–Kier alpha value is -1.92. The van der Waals surface area contributed by atoms with Crippen LogP contribution in [0.1, 0.15) is 0 Å². The van der Waals surface area contributed by atoms with Gasteiger partial charge in [0.2, 0.25) is 0 Å². The van der Waals surface area contributed by atoms with Crippen molar-refractivity contribution in [3.63, 3.8) is 0 Å². The topological polar surface area (TPSA) is 72.6 Å². The number of nitrogens with zero attached hydrogens (tertiary/aromatic N) is 1. The van der Waals surface area contributed by atoms with Gasteiger partial charge in [0.05, 0.1) is 23.5 Å². The minimum Gasteiger partial charge on any atom is -0.495 e. The lowest BCUT2D eigenvalue weighted by Gasteiger charge is -2.21. The molecule has 0 spiro atoms. The quantitative estimate of drug-likeness (QED) is 0.877. The fourth-order valence-electron chi connectivity index (χ4n) is 1.84. The zero-order valence-corrected chi connectivity index (χ0v) is 13.1. The molecule has 0 bridgehead atoms. The first kappa shape index (κ1) is 15.5. The summed E-state index contributed by atoms with van der Waals surface area (Å²) in [4.78, 5) is -0.0294. The van der Waals surface area contributed by atoms with Gasteiger partial charge in [-0.05, 0) is 18.2 Å². The number of ether oxygens (including phenoxy) is 1. The second kappa shape index (κ2) is 5.83. The van der Waals surface area contributed by atoms with E-state index in [0.29, 0.717) is 5.69 Å². The number of halogens is 1. The van der Waals surface area contributed by atoms with Crippen molar-refractivity contribution in [2.45, 2.75) is 4.90 Å². The average molecular weight is 327 g/mol. The van der Waals surface area contributed by atoms with Crippen molar-refractivity contribution >= 4 is 33.0 Å². The molecule has 0 fully saturated rings. The molecule has 2 aromatic rings. The van der Waals surface area contributed by atoms with Crippen LogP contribution in [-0.2, 0) is 10.0 Å². The Morgan fingerprint density at radius 2 is 1.81 bits per heavy atom. The molecule has 5 nitrogen and oxygen atoms in total. The molecule has 2 aromatic carbocycles. The molecule has 2 N–H and O–H groups in total. The highest BCUT2D eigenvalue weighted by Gasteiger charge is 2.26. The van der Waals surface area contributed by atoms with E-state index >= 15 is 0 Å². The fourth-order valence-corrected chi connectivity index (χ4v) is 3.36. The third kappa shape index (κ3) is 2.91. The number of anilines is 2. The van der Waals surface area contributed by atoms with Crippen molar-refractivity contribution in [2.75, 3.05) is 24.2 Å². The van der Waals surface area contributed by atoms with Gasteiger partial charge < -0.3 is 10.5 Å². The molecular weight excluding hydrogens is 312 g/mol. The summed E-state index contributed by atoms with van der Waals surface area (Å²) in [5.74, 6) is 0.150. The predicted octanol–water partition coefficient (Wildman–Crippen LogP) is 2.76. The van der Waals surface area contributed by atoms with Gasteiger partial charge in [0.25, 0.3) is 10.0 Å². The molecule has 7 heteroatoms. The van der Waals surface area contributed by atoms with E-state index in [1.165, 1.54) is 26.3 Å². The van der Waals surface area contributed by atoms with Crippen molar-refractivity contribution in [2.24, 2.45) is 0 Å². The highest BCUT2D eigenvalue weighted by Crippen LogP contribution is 2.34. The fraction of sp³-hybridized carbons (Fsp3) is 0.143. The molecule has 0 amide bonds. The summed E-state index contributed by atoms with van der Waals surface area (Å²) in [7, 11) is -0.959. The highest BCUT2D eigenvalue weighted by molar-refractivity contribution is 7.93. The van der Waals surface area contributed by atoms with E-state index in [-0.39, 0.29) is 21.4 Å². The van der Waals surface area contributed by atoms with Gasteiger partial charge in [0.15, 0.2) is 0 Å². The van der Waals surface area contributed by atoms with Crippen molar-refractivity contribution in [3.8, 4) is 5.75 Å². The predicted molar refractivity (Wildman–Crippen MR) is 84.4 cm³/mol. The maximum atomic E-state index is 12.7. The smallest absolute Gasteiger partial charge is 0.267 e. The van der Waals surface area contributed by atoms with Gasteiger partial charge in [-0.15, -0.1) is 0 Å². The summed E-state index contributed by atoms with van der Waals surface area (Å²) in [5, 5.41) is 0.244. The van der Waals surface area contributed by atoms with Gasteiger partial charge in [0.1, 0.15) is 10.6 Å². The van der Waals surface area contributed by atoms with Crippen LogP contribution in [0.3, 0.4) is 0 Å². The lowest BCUT2D eigenvalue weighted by molar-refractivity contribution is 0.403. The highest BCUT2D eigenvalue weighted by atomic mass is 35.5. The van der Waals surface area contributed by atoms with Crippen molar-refractivity contribution in [1.82, 2.24) is 0 Å². The molecule has 0 saturated heterocycles. The SMILES string of the molecule is COc1cc(Cl)c(N)cc1S(=O)(=O)N(C)c1ccccc1. The van der Waals surface area contributed by atoms with Crippen molar-refractivity contribution < 1.29 is 13.2 Å². The molecule has 0 aliphatic rings. The Kier molecular flexibility index (Phi) is 4.29. The van der Waals surface area contributed by atoms with Crippen LogP contribution in [0, 0.1) is 0 Å². The number of rotatable bonds is 4. The minimum atomic E-state index is -3.80. The second-order valence-corrected chi connectivity index (χ2v) is 6.68. The molecule has 0 heterocycles. The molecule has 0 aliphatic carbocycles. The Balaban J connectivity index is 2.57. The first-order chi connectivity index (χ1) is 9.87. The number of para-hydroxylation sites is 1. The number of nitrogen functional groups attached to an aromatic ring is 1. The summed E-state index contributed by atoms with van der Waals surface area (Å²) in [5.41, 5.74) is 6.42. The minimum absolute atomic E-state index is 0.0294. The molecule has 0 aliphatic heterocycles. The zero-order chi connectivity index (χ0) is 15.6. The molecule has 0 atom stereocenters. The third-order valence-corrected chi connectivity index (χ3v) is 5.18. The Morgan fingerprint density at radius 3 is 2.38 bits per heavy atom. The summed E-state index contributed by atoms with van der Waals surface area (Å²) >= 11 is 5.90. The summed E-state index contributed by atoms with van der Waals surface area (Å²) in [6, 6.07) is 11.4. The summed E-state index contributed by atoms with van der Waals surface area (Å²) in [6.07, 6.45) is 0. The first-order valence-corrected chi connectivity index (χ1v) is 7.86. The van der Waals surface area contributed by atoms with E-state index < -0.39 is 10.0 Å². The standard InChI is InChI=1S/C14H15ClN2O3S/c1-17(10-6-4-3-5-7-10)21(18,19)14-9-12(16)11(15)8-13(14)20-2/h3-9H,16H2,1-2H3. The number of hydrogen-bond acceptors (Lipinski definition) is 4. The van der Waals surface area contributed by atoms with E-state index in [1.807, 2.05) is 6.07 Å². The second-order valence-electron chi connectivity index (χ2n) is 4.33. The molecular formula is C14H15ClN2O3S. The zero-order valence-electron chi connectivity index (χ0n) is 11.6. The van der Waals surface area contributed by atoms with Crippen LogP contribution in [0.25, 0.3) is 0 Å². The van der Waals surface area contributed by atoms with Crippen molar-refractivity contribution in [3.05, 3.63) is 47.5 Å². The Labute approximate surface area is 128 Å².